The highest BCUT2D eigenvalue weighted by molar-refractivity contribution is 5.29. The molecule has 0 spiro atoms. The van der Waals surface area contributed by atoms with Crippen molar-refractivity contribution < 1.29 is 4.74 Å². The molecular weight excluding hydrogens is 238 g/mol. The Bertz CT molecular complexity index is 418. The standard InChI is InChI=1S/C15H23N3O/c16-18-14(10-12-5-1-2-9-19-12)13-7-6-11-4-3-8-17-15(11)13/h3-4,8,12-14,18H,1-2,5-7,9-10,16H2. The molecule has 1 aliphatic heterocycles. The molecule has 4 heteroatoms. The van der Waals surface area contributed by atoms with Crippen molar-refractivity contribution in [2.75, 3.05) is 6.61 Å². The first-order valence-electron chi connectivity index (χ1n) is 7.40. The van der Waals surface area contributed by atoms with Crippen molar-refractivity contribution in [3.05, 3.63) is 29.6 Å². The number of hydrogen-bond acceptors (Lipinski definition) is 4. The molecular formula is C15H23N3O. The number of nitrogens with two attached hydrogens (primary N) is 1. The van der Waals surface area contributed by atoms with Crippen molar-refractivity contribution in [1.29, 1.82) is 0 Å². The van der Waals surface area contributed by atoms with E-state index in [0.29, 0.717) is 12.0 Å². The van der Waals surface area contributed by atoms with Gasteiger partial charge in [-0.1, -0.05) is 6.07 Å². The van der Waals surface area contributed by atoms with Gasteiger partial charge in [0, 0.05) is 30.5 Å². The molecule has 1 fully saturated rings. The molecule has 0 amide bonds. The molecule has 4 nitrogen and oxygen atoms in total. The van der Waals surface area contributed by atoms with Crippen molar-refractivity contribution >= 4 is 0 Å². The number of aromatic nitrogens is 1. The van der Waals surface area contributed by atoms with Gasteiger partial charge in [-0.3, -0.25) is 16.3 Å². The van der Waals surface area contributed by atoms with Crippen molar-refractivity contribution in [2.45, 2.75) is 56.6 Å². The molecule has 2 aliphatic rings. The Kier molecular flexibility index (Phi) is 4.11. The Morgan fingerprint density at radius 3 is 3.16 bits per heavy atom. The lowest BCUT2D eigenvalue weighted by Gasteiger charge is -2.29. The summed E-state index contributed by atoms with van der Waals surface area (Å²) in [6.07, 6.45) is 9.17. The number of ether oxygens (including phenoxy) is 1. The van der Waals surface area contributed by atoms with Gasteiger partial charge in [-0.05, 0) is 50.2 Å². The van der Waals surface area contributed by atoms with Gasteiger partial charge in [-0.2, -0.15) is 0 Å². The average molecular weight is 261 g/mol. The Morgan fingerprint density at radius 2 is 2.37 bits per heavy atom. The van der Waals surface area contributed by atoms with E-state index in [9.17, 15) is 0 Å². The number of fused-ring (bicyclic) bond motifs is 1. The molecule has 2 heterocycles. The van der Waals surface area contributed by atoms with Gasteiger partial charge in [-0.15, -0.1) is 0 Å². The summed E-state index contributed by atoms with van der Waals surface area (Å²) in [6.45, 7) is 0.904. The predicted octanol–water partition coefficient (Wildman–Crippen LogP) is 1.90. The molecule has 0 aromatic carbocycles. The molecule has 0 bridgehead atoms. The zero-order valence-electron chi connectivity index (χ0n) is 11.3. The lowest BCUT2D eigenvalue weighted by atomic mass is 9.90. The van der Waals surface area contributed by atoms with Crippen molar-refractivity contribution in [3.63, 3.8) is 0 Å². The van der Waals surface area contributed by atoms with E-state index in [1.54, 1.807) is 0 Å². The van der Waals surface area contributed by atoms with Crippen LogP contribution in [-0.2, 0) is 11.2 Å². The summed E-state index contributed by atoms with van der Waals surface area (Å²) in [5.41, 5.74) is 5.64. The van der Waals surface area contributed by atoms with E-state index in [-0.39, 0.29) is 6.04 Å². The van der Waals surface area contributed by atoms with Crippen LogP contribution in [0.3, 0.4) is 0 Å². The number of hydrogen-bond donors (Lipinski definition) is 2. The fourth-order valence-corrected chi connectivity index (χ4v) is 3.46. The maximum absolute atomic E-state index is 5.84. The van der Waals surface area contributed by atoms with E-state index in [1.807, 2.05) is 12.3 Å². The first kappa shape index (κ1) is 13.0. The van der Waals surface area contributed by atoms with Crippen LogP contribution in [0.15, 0.2) is 18.3 Å². The molecule has 0 radical (unpaired) electrons. The van der Waals surface area contributed by atoms with E-state index >= 15 is 0 Å². The van der Waals surface area contributed by atoms with E-state index in [2.05, 4.69) is 16.5 Å². The highest BCUT2D eigenvalue weighted by Gasteiger charge is 2.32. The van der Waals surface area contributed by atoms with E-state index in [4.69, 9.17) is 10.6 Å². The van der Waals surface area contributed by atoms with Crippen LogP contribution in [0.1, 0.15) is 49.3 Å². The summed E-state index contributed by atoms with van der Waals surface area (Å²) in [4.78, 5) is 4.57. The quantitative estimate of drug-likeness (QED) is 0.642. The zero-order valence-corrected chi connectivity index (χ0v) is 11.3. The maximum atomic E-state index is 5.84. The van der Waals surface area contributed by atoms with E-state index < -0.39 is 0 Å². The highest BCUT2D eigenvalue weighted by Crippen LogP contribution is 2.35. The van der Waals surface area contributed by atoms with Crippen LogP contribution in [0, 0.1) is 0 Å². The zero-order chi connectivity index (χ0) is 13.1. The summed E-state index contributed by atoms with van der Waals surface area (Å²) < 4.78 is 5.84. The molecule has 1 aliphatic carbocycles. The fourth-order valence-electron chi connectivity index (χ4n) is 3.46. The third kappa shape index (κ3) is 2.81. The second-order valence-electron chi connectivity index (χ2n) is 5.69. The van der Waals surface area contributed by atoms with Crippen LogP contribution in [-0.4, -0.2) is 23.7 Å². The van der Waals surface area contributed by atoms with Crippen LogP contribution in [0.4, 0.5) is 0 Å². The molecule has 19 heavy (non-hydrogen) atoms. The van der Waals surface area contributed by atoms with Crippen LogP contribution < -0.4 is 11.3 Å². The third-order valence-electron chi connectivity index (χ3n) is 4.49. The number of nitrogens with zero attached hydrogens (tertiary/aromatic N) is 1. The van der Waals surface area contributed by atoms with E-state index in [1.165, 1.54) is 30.5 Å². The first-order chi connectivity index (χ1) is 9.38. The number of pyridine rings is 1. The smallest absolute Gasteiger partial charge is 0.0590 e. The van der Waals surface area contributed by atoms with Crippen LogP contribution >= 0.6 is 0 Å². The third-order valence-corrected chi connectivity index (χ3v) is 4.49. The molecule has 3 unspecified atom stereocenters. The largest absolute Gasteiger partial charge is 0.378 e. The van der Waals surface area contributed by atoms with Gasteiger partial charge in [-0.25, -0.2) is 0 Å². The molecule has 0 saturated carbocycles. The first-order valence-corrected chi connectivity index (χ1v) is 7.40. The second kappa shape index (κ2) is 5.99. The van der Waals surface area contributed by atoms with Crippen molar-refractivity contribution in [3.8, 4) is 0 Å². The van der Waals surface area contributed by atoms with E-state index in [0.717, 1.165) is 25.9 Å². The number of aryl methyl sites for hydroxylation is 1. The van der Waals surface area contributed by atoms with Gasteiger partial charge in [0.05, 0.1) is 6.10 Å². The molecule has 3 rings (SSSR count). The monoisotopic (exact) mass is 261 g/mol. The van der Waals surface area contributed by atoms with Gasteiger partial charge < -0.3 is 4.74 Å². The summed E-state index contributed by atoms with van der Waals surface area (Å²) in [6, 6.07) is 4.49. The fraction of sp³-hybridized carbons (Fsp3) is 0.667. The molecule has 3 atom stereocenters. The predicted molar refractivity (Wildman–Crippen MR) is 74.6 cm³/mol. The highest BCUT2D eigenvalue weighted by atomic mass is 16.5. The second-order valence-corrected chi connectivity index (χ2v) is 5.69. The average Bonchev–Trinajstić information content (AvgIpc) is 2.90. The van der Waals surface area contributed by atoms with Crippen LogP contribution in [0.25, 0.3) is 0 Å². The summed E-state index contributed by atoms with van der Waals surface area (Å²) in [5, 5.41) is 0. The summed E-state index contributed by atoms with van der Waals surface area (Å²) >= 11 is 0. The normalized spacial score (nSPS) is 28.1. The lowest BCUT2D eigenvalue weighted by Crippen LogP contribution is -2.42. The molecule has 1 aromatic heterocycles. The number of rotatable bonds is 4. The van der Waals surface area contributed by atoms with Gasteiger partial charge >= 0.3 is 0 Å². The van der Waals surface area contributed by atoms with Crippen LogP contribution in [0.2, 0.25) is 0 Å². The SMILES string of the molecule is NNC(CC1CCCCO1)C1CCc2cccnc21. The topological polar surface area (TPSA) is 60.2 Å². The van der Waals surface area contributed by atoms with Gasteiger partial charge in [0.25, 0.3) is 0 Å². The minimum absolute atomic E-state index is 0.277. The number of nitrogens with one attached hydrogen (secondary N) is 1. The molecule has 1 saturated heterocycles. The molecule has 104 valence electrons. The Hall–Kier alpha value is -0.970. The van der Waals surface area contributed by atoms with Gasteiger partial charge in [0.15, 0.2) is 0 Å². The van der Waals surface area contributed by atoms with Crippen LogP contribution in [0.5, 0.6) is 0 Å². The Balaban J connectivity index is 1.69. The van der Waals surface area contributed by atoms with Gasteiger partial charge in [0.1, 0.15) is 0 Å². The lowest BCUT2D eigenvalue weighted by molar-refractivity contribution is 0.00336. The Morgan fingerprint density at radius 1 is 1.42 bits per heavy atom. The molecule has 1 aromatic rings. The maximum Gasteiger partial charge on any atom is 0.0590 e. The summed E-state index contributed by atoms with van der Waals surface area (Å²) in [5.74, 6) is 6.23. The number of hydrazine groups is 1. The Labute approximate surface area is 114 Å². The van der Waals surface area contributed by atoms with Crippen molar-refractivity contribution in [2.24, 2.45) is 5.84 Å². The molecule has 3 N–H and O–H groups in total. The summed E-state index contributed by atoms with van der Waals surface area (Å²) in [7, 11) is 0. The minimum atomic E-state index is 0.277. The van der Waals surface area contributed by atoms with Gasteiger partial charge in [0.2, 0.25) is 0 Å². The van der Waals surface area contributed by atoms with Crippen molar-refractivity contribution in [1.82, 2.24) is 10.4 Å². The minimum Gasteiger partial charge on any atom is -0.378 e.